The Bertz CT molecular complexity index is 1240. The highest BCUT2D eigenvalue weighted by molar-refractivity contribution is 7.93. The summed E-state index contributed by atoms with van der Waals surface area (Å²) >= 11 is 0. The van der Waals surface area contributed by atoms with Crippen molar-refractivity contribution in [2.45, 2.75) is 12.1 Å². The first-order chi connectivity index (χ1) is 13.6. The van der Waals surface area contributed by atoms with Crippen molar-refractivity contribution in [1.82, 2.24) is 4.98 Å². The summed E-state index contributed by atoms with van der Waals surface area (Å²) in [6.07, 6.45) is 0. The predicted molar refractivity (Wildman–Crippen MR) is 98.7 cm³/mol. The molecule has 2 N–H and O–H groups in total. The first-order valence-corrected chi connectivity index (χ1v) is 9.52. The predicted octanol–water partition coefficient (Wildman–Crippen LogP) is 3.15. The van der Waals surface area contributed by atoms with E-state index < -0.39 is 32.7 Å². The first kappa shape index (κ1) is 20.4. The number of carbonyl (C=O) groups excluding carboxylic acids is 1. The Hall–Kier alpha value is -3.34. The van der Waals surface area contributed by atoms with Crippen LogP contribution in [-0.2, 0) is 21.4 Å². The number of aromatic nitrogens is 1. The molecule has 11 heteroatoms. The number of fused-ring (bicyclic) bond motifs is 1. The fourth-order valence-corrected chi connectivity index (χ4v) is 3.00. The van der Waals surface area contributed by atoms with Gasteiger partial charge in [0.05, 0.1) is 11.1 Å². The maximum atomic E-state index is 12.5. The largest absolute Gasteiger partial charge is 0.516 e. The lowest BCUT2D eigenvalue weighted by Gasteiger charge is -2.11. The fourth-order valence-electron chi connectivity index (χ4n) is 2.45. The van der Waals surface area contributed by atoms with E-state index in [1.807, 2.05) is 0 Å². The van der Waals surface area contributed by atoms with Gasteiger partial charge in [0, 0.05) is 11.2 Å². The van der Waals surface area contributed by atoms with Crippen molar-refractivity contribution in [2.24, 2.45) is 0 Å². The van der Waals surface area contributed by atoms with E-state index in [4.69, 9.17) is 4.74 Å². The summed E-state index contributed by atoms with van der Waals surface area (Å²) in [7, 11) is -5.62. The molecule has 0 fully saturated rings. The van der Waals surface area contributed by atoms with Gasteiger partial charge in [-0.25, -0.2) is 4.79 Å². The van der Waals surface area contributed by atoms with E-state index in [1.54, 1.807) is 30.3 Å². The average molecular weight is 426 g/mol. The summed E-state index contributed by atoms with van der Waals surface area (Å²) in [6.45, 7) is -0.377. The number of halogens is 3. The van der Waals surface area contributed by atoms with Gasteiger partial charge >= 0.3 is 21.5 Å². The lowest BCUT2D eigenvalue weighted by Crippen LogP contribution is -2.30. The van der Waals surface area contributed by atoms with Gasteiger partial charge in [-0.3, -0.25) is 9.52 Å². The van der Waals surface area contributed by atoms with Crippen LogP contribution in [0.2, 0.25) is 0 Å². The lowest BCUT2D eigenvalue weighted by molar-refractivity contribution is -0.0429. The van der Waals surface area contributed by atoms with Crippen LogP contribution in [0.5, 0.6) is 0 Å². The van der Waals surface area contributed by atoms with E-state index >= 15 is 0 Å². The second-order valence-electron chi connectivity index (χ2n) is 5.92. The molecule has 152 valence electrons. The molecule has 3 rings (SSSR count). The topological polar surface area (TPSA) is 105 Å². The number of esters is 1. The molecule has 0 aliphatic carbocycles. The van der Waals surface area contributed by atoms with Crippen molar-refractivity contribution in [1.29, 1.82) is 0 Å². The third-order valence-electron chi connectivity index (χ3n) is 3.84. The molecule has 0 aliphatic heterocycles. The quantitative estimate of drug-likeness (QED) is 0.610. The highest BCUT2D eigenvalue weighted by Gasteiger charge is 2.46. The van der Waals surface area contributed by atoms with Crippen molar-refractivity contribution >= 4 is 32.6 Å². The number of pyridine rings is 1. The molecular weight excluding hydrogens is 413 g/mol. The minimum absolute atomic E-state index is 0.172. The van der Waals surface area contributed by atoms with Gasteiger partial charge in [-0.15, -0.1) is 0 Å². The lowest BCUT2D eigenvalue weighted by atomic mass is 10.1. The highest BCUT2D eigenvalue weighted by atomic mass is 32.2. The zero-order chi connectivity index (χ0) is 21.2. The fraction of sp³-hybridized carbons (Fsp3) is 0.111. The van der Waals surface area contributed by atoms with E-state index in [2.05, 4.69) is 4.98 Å². The minimum Gasteiger partial charge on any atom is -0.457 e. The number of H-pyrrole nitrogens is 1. The van der Waals surface area contributed by atoms with Crippen molar-refractivity contribution in [2.75, 3.05) is 4.72 Å². The normalized spacial score (nSPS) is 12.0. The molecule has 0 saturated carbocycles. The Morgan fingerprint density at radius 2 is 1.79 bits per heavy atom. The van der Waals surface area contributed by atoms with Crippen LogP contribution in [0, 0.1) is 0 Å². The van der Waals surface area contributed by atoms with Gasteiger partial charge in [-0.1, -0.05) is 24.3 Å². The van der Waals surface area contributed by atoms with Gasteiger partial charge in [0.25, 0.3) is 5.56 Å². The van der Waals surface area contributed by atoms with E-state index in [9.17, 15) is 31.2 Å². The van der Waals surface area contributed by atoms with E-state index in [0.29, 0.717) is 5.52 Å². The van der Waals surface area contributed by atoms with Gasteiger partial charge in [0.2, 0.25) is 0 Å². The van der Waals surface area contributed by atoms with Crippen LogP contribution >= 0.6 is 0 Å². The highest BCUT2D eigenvalue weighted by Crippen LogP contribution is 2.25. The molecule has 0 unspecified atom stereocenters. The van der Waals surface area contributed by atoms with Crippen LogP contribution < -0.4 is 10.3 Å². The molecule has 0 radical (unpaired) electrons. The Labute approximate surface area is 162 Å². The maximum Gasteiger partial charge on any atom is 0.516 e. The molecule has 29 heavy (non-hydrogen) atoms. The molecule has 1 aromatic heterocycles. The number of hydrogen-bond donors (Lipinski definition) is 2. The number of nitrogens with one attached hydrogen (secondary N) is 2. The average Bonchev–Trinajstić information content (AvgIpc) is 2.65. The van der Waals surface area contributed by atoms with Crippen molar-refractivity contribution in [3.63, 3.8) is 0 Å². The van der Waals surface area contributed by atoms with Crippen LogP contribution in [0.3, 0.4) is 0 Å². The third-order valence-corrected chi connectivity index (χ3v) is 4.96. The van der Waals surface area contributed by atoms with E-state index in [-0.39, 0.29) is 17.7 Å². The third kappa shape index (κ3) is 4.57. The Balaban J connectivity index is 1.75. The summed E-state index contributed by atoms with van der Waals surface area (Å²) in [6, 6.07) is 12.9. The maximum absolute atomic E-state index is 12.5. The number of hydrogen-bond acceptors (Lipinski definition) is 5. The number of ether oxygens (including phenoxy) is 1. The van der Waals surface area contributed by atoms with Crippen LogP contribution in [-0.4, -0.2) is 24.9 Å². The monoisotopic (exact) mass is 426 g/mol. The standard InChI is InChI=1S/C18H13F3N2O5S/c19-18(20,21)29(26,27)23-14-6-3-5-12(9-14)17(25)28-10-13-8-11-4-1-2-7-15(11)22-16(13)24/h1-9,23H,10H2,(H,22,24). The molecule has 0 amide bonds. The summed E-state index contributed by atoms with van der Waals surface area (Å²) in [5.74, 6) is -0.939. The second kappa shape index (κ2) is 7.59. The minimum atomic E-state index is -5.62. The van der Waals surface area contributed by atoms with Gasteiger partial charge in [0.1, 0.15) is 6.61 Å². The van der Waals surface area contributed by atoms with Crippen molar-refractivity contribution in [3.05, 3.63) is 76.1 Å². The SMILES string of the molecule is O=C(OCc1cc2ccccc2[nH]c1=O)c1cccc(NS(=O)(=O)C(F)(F)F)c1. The molecule has 7 nitrogen and oxygen atoms in total. The second-order valence-corrected chi connectivity index (χ2v) is 7.59. The Kier molecular flexibility index (Phi) is 5.33. The van der Waals surface area contributed by atoms with E-state index in [0.717, 1.165) is 17.5 Å². The number of sulfonamides is 1. The number of benzene rings is 2. The summed E-state index contributed by atoms with van der Waals surface area (Å²) in [5, 5.41) is 0.724. The summed E-state index contributed by atoms with van der Waals surface area (Å²) < 4.78 is 66.1. The molecular formula is C18H13F3N2O5S. The van der Waals surface area contributed by atoms with Crippen LogP contribution in [0.15, 0.2) is 59.4 Å². The first-order valence-electron chi connectivity index (χ1n) is 8.04. The van der Waals surface area contributed by atoms with E-state index in [1.165, 1.54) is 16.9 Å². The molecule has 3 aromatic rings. The van der Waals surface area contributed by atoms with Crippen molar-refractivity contribution in [3.8, 4) is 0 Å². The summed E-state index contributed by atoms with van der Waals surface area (Å²) in [4.78, 5) is 26.9. The molecule has 0 bridgehead atoms. The van der Waals surface area contributed by atoms with Crippen LogP contribution in [0.1, 0.15) is 15.9 Å². The number of rotatable bonds is 5. The Morgan fingerprint density at radius 1 is 1.07 bits per heavy atom. The van der Waals surface area contributed by atoms with Crippen LogP contribution in [0.4, 0.5) is 18.9 Å². The molecule has 0 saturated heterocycles. The molecule has 0 spiro atoms. The number of aromatic amines is 1. The van der Waals surface area contributed by atoms with Crippen LogP contribution in [0.25, 0.3) is 10.9 Å². The molecule has 1 heterocycles. The van der Waals surface area contributed by atoms with Crippen molar-refractivity contribution < 1.29 is 31.1 Å². The van der Waals surface area contributed by atoms with Gasteiger partial charge in [-0.2, -0.15) is 21.6 Å². The summed E-state index contributed by atoms with van der Waals surface area (Å²) in [5.41, 5.74) is -5.82. The molecule has 0 aliphatic rings. The number of para-hydroxylation sites is 1. The van der Waals surface area contributed by atoms with Gasteiger partial charge in [-0.05, 0) is 35.7 Å². The molecule has 2 aromatic carbocycles. The number of anilines is 1. The smallest absolute Gasteiger partial charge is 0.457 e. The number of carbonyl (C=O) groups is 1. The number of alkyl halides is 3. The Morgan fingerprint density at radius 3 is 2.52 bits per heavy atom. The van der Waals surface area contributed by atoms with Gasteiger partial charge < -0.3 is 9.72 Å². The molecule has 0 atom stereocenters. The van der Waals surface area contributed by atoms with Gasteiger partial charge in [0.15, 0.2) is 0 Å². The zero-order valence-electron chi connectivity index (χ0n) is 14.5. The zero-order valence-corrected chi connectivity index (χ0v) is 15.3.